The van der Waals surface area contributed by atoms with Gasteiger partial charge in [0.05, 0.1) is 28.3 Å². The highest BCUT2D eigenvalue weighted by atomic mass is 32.2. The molecule has 1 aliphatic rings. The second kappa shape index (κ2) is 9.16. The lowest BCUT2D eigenvalue weighted by Crippen LogP contribution is -2.44. The van der Waals surface area contributed by atoms with Crippen LogP contribution >= 0.6 is 11.8 Å². The number of likely N-dealkylation sites (tertiary alicyclic amines) is 1. The van der Waals surface area contributed by atoms with Gasteiger partial charge in [0.15, 0.2) is 5.16 Å². The standard InChI is InChI=1S/C24H26N4O3S/c1-15-7-5-8-16(2)21(15)28-23(31)18-10-3-4-11-19(18)26-24(28)32-14-20(29)27-12-6-9-17(13-27)22(25)30/h3-5,7-8,10-11,17H,6,9,12-14H2,1-2H3,(H2,25,30). The molecule has 7 nitrogen and oxygen atoms in total. The highest BCUT2D eigenvalue weighted by Crippen LogP contribution is 2.26. The highest BCUT2D eigenvalue weighted by Gasteiger charge is 2.27. The van der Waals surface area contributed by atoms with Crippen molar-refractivity contribution >= 4 is 34.5 Å². The third-order valence-corrected chi connectivity index (χ3v) is 6.83. The maximum atomic E-state index is 13.5. The van der Waals surface area contributed by atoms with Crippen molar-refractivity contribution < 1.29 is 9.59 Å². The Balaban J connectivity index is 1.70. The summed E-state index contributed by atoms with van der Waals surface area (Å²) < 4.78 is 1.62. The Labute approximate surface area is 190 Å². The monoisotopic (exact) mass is 450 g/mol. The van der Waals surface area contributed by atoms with Crippen LogP contribution in [0.1, 0.15) is 24.0 Å². The van der Waals surface area contributed by atoms with E-state index in [0.29, 0.717) is 35.6 Å². The fourth-order valence-corrected chi connectivity index (χ4v) is 5.12. The van der Waals surface area contributed by atoms with Gasteiger partial charge in [-0.15, -0.1) is 0 Å². The molecule has 1 unspecified atom stereocenters. The number of carbonyl (C=O) groups is 2. The number of primary amides is 1. The zero-order chi connectivity index (χ0) is 22.8. The molecular weight excluding hydrogens is 424 g/mol. The quantitative estimate of drug-likeness (QED) is 0.476. The number of thioether (sulfide) groups is 1. The summed E-state index contributed by atoms with van der Waals surface area (Å²) in [7, 11) is 0. The first-order valence-corrected chi connectivity index (χ1v) is 11.6. The predicted octanol–water partition coefficient (Wildman–Crippen LogP) is 2.82. The van der Waals surface area contributed by atoms with Crippen LogP contribution < -0.4 is 11.3 Å². The van der Waals surface area contributed by atoms with Gasteiger partial charge < -0.3 is 10.6 Å². The van der Waals surface area contributed by atoms with Crippen molar-refractivity contribution in [3.05, 3.63) is 63.9 Å². The van der Waals surface area contributed by atoms with Crippen molar-refractivity contribution in [1.29, 1.82) is 0 Å². The Morgan fingerprint density at radius 2 is 1.84 bits per heavy atom. The molecule has 8 heteroatoms. The van der Waals surface area contributed by atoms with Gasteiger partial charge in [0.25, 0.3) is 5.56 Å². The summed E-state index contributed by atoms with van der Waals surface area (Å²) in [6, 6.07) is 13.1. The van der Waals surface area contributed by atoms with Gasteiger partial charge in [-0.1, -0.05) is 42.1 Å². The van der Waals surface area contributed by atoms with Gasteiger partial charge in [0.1, 0.15) is 0 Å². The third-order valence-electron chi connectivity index (χ3n) is 5.91. The van der Waals surface area contributed by atoms with Crippen LogP contribution in [0.15, 0.2) is 52.4 Å². The van der Waals surface area contributed by atoms with Crippen LogP contribution in [0, 0.1) is 19.8 Å². The molecule has 3 aromatic rings. The molecule has 2 amide bonds. The number of para-hydroxylation sites is 2. The zero-order valence-electron chi connectivity index (χ0n) is 18.2. The van der Waals surface area contributed by atoms with E-state index < -0.39 is 0 Å². The average molecular weight is 451 g/mol. The Bertz CT molecular complexity index is 1230. The lowest BCUT2D eigenvalue weighted by Gasteiger charge is -2.31. The fraction of sp³-hybridized carbons (Fsp3) is 0.333. The van der Waals surface area contributed by atoms with Crippen molar-refractivity contribution in [2.24, 2.45) is 11.7 Å². The minimum atomic E-state index is -0.366. The normalized spacial score (nSPS) is 16.3. The van der Waals surface area contributed by atoms with Crippen molar-refractivity contribution in [3.63, 3.8) is 0 Å². The molecule has 0 bridgehead atoms. The molecule has 0 spiro atoms. The van der Waals surface area contributed by atoms with Crippen molar-refractivity contribution in [2.45, 2.75) is 31.8 Å². The van der Waals surface area contributed by atoms with Crippen LogP contribution in [0.3, 0.4) is 0 Å². The Hall–Kier alpha value is -3.13. The summed E-state index contributed by atoms with van der Waals surface area (Å²) in [4.78, 5) is 44.4. The van der Waals surface area contributed by atoms with Crippen LogP contribution in [0.25, 0.3) is 16.6 Å². The number of hydrogen-bond donors (Lipinski definition) is 1. The number of aryl methyl sites for hydroxylation is 2. The topological polar surface area (TPSA) is 98.3 Å². The van der Waals surface area contributed by atoms with E-state index in [4.69, 9.17) is 10.7 Å². The largest absolute Gasteiger partial charge is 0.369 e. The van der Waals surface area contributed by atoms with Gasteiger partial charge in [-0.05, 0) is 49.9 Å². The number of carbonyl (C=O) groups excluding carboxylic acids is 2. The van der Waals surface area contributed by atoms with Gasteiger partial charge in [0.2, 0.25) is 11.8 Å². The first-order valence-electron chi connectivity index (χ1n) is 10.6. The summed E-state index contributed by atoms with van der Waals surface area (Å²) in [6.07, 6.45) is 1.47. The molecule has 1 atom stereocenters. The second-order valence-electron chi connectivity index (χ2n) is 8.16. The van der Waals surface area contributed by atoms with E-state index in [1.807, 2.05) is 44.2 Å². The maximum absolute atomic E-state index is 13.5. The smallest absolute Gasteiger partial charge is 0.266 e. The minimum Gasteiger partial charge on any atom is -0.369 e. The van der Waals surface area contributed by atoms with Crippen molar-refractivity contribution in [3.8, 4) is 5.69 Å². The molecule has 2 heterocycles. The highest BCUT2D eigenvalue weighted by molar-refractivity contribution is 7.99. The zero-order valence-corrected chi connectivity index (χ0v) is 19.0. The lowest BCUT2D eigenvalue weighted by atomic mass is 9.97. The van der Waals surface area contributed by atoms with E-state index in [-0.39, 0.29) is 29.0 Å². The molecule has 4 rings (SSSR count). The van der Waals surface area contributed by atoms with E-state index in [0.717, 1.165) is 23.2 Å². The average Bonchev–Trinajstić information content (AvgIpc) is 2.79. The second-order valence-corrected chi connectivity index (χ2v) is 9.10. The molecule has 0 radical (unpaired) electrons. The predicted molar refractivity (Wildman–Crippen MR) is 126 cm³/mol. The van der Waals surface area contributed by atoms with Gasteiger partial charge in [-0.3, -0.25) is 19.0 Å². The molecule has 1 fully saturated rings. The fourth-order valence-electron chi connectivity index (χ4n) is 4.22. The molecule has 2 N–H and O–H groups in total. The first-order chi connectivity index (χ1) is 15.4. The summed E-state index contributed by atoms with van der Waals surface area (Å²) in [5, 5.41) is 1.01. The number of hydrogen-bond acceptors (Lipinski definition) is 5. The number of piperidine rings is 1. The first kappa shape index (κ1) is 22.1. The van der Waals surface area contributed by atoms with E-state index >= 15 is 0 Å². The Morgan fingerprint density at radius 1 is 1.12 bits per heavy atom. The molecule has 166 valence electrons. The lowest BCUT2D eigenvalue weighted by molar-refractivity contribution is -0.132. The van der Waals surface area contributed by atoms with Crippen LogP contribution in [-0.2, 0) is 9.59 Å². The molecule has 1 aliphatic heterocycles. The van der Waals surface area contributed by atoms with Gasteiger partial charge in [0, 0.05) is 13.1 Å². The van der Waals surface area contributed by atoms with Crippen LogP contribution in [0.2, 0.25) is 0 Å². The molecule has 1 aromatic heterocycles. The van der Waals surface area contributed by atoms with E-state index in [2.05, 4.69) is 0 Å². The number of aromatic nitrogens is 2. The van der Waals surface area contributed by atoms with Crippen molar-refractivity contribution in [2.75, 3.05) is 18.8 Å². The summed E-state index contributed by atoms with van der Waals surface area (Å²) >= 11 is 1.24. The number of nitrogens with zero attached hydrogens (tertiary/aromatic N) is 3. The number of benzene rings is 2. The molecular formula is C24H26N4O3S. The van der Waals surface area contributed by atoms with Gasteiger partial charge >= 0.3 is 0 Å². The minimum absolute atomic E-state index is 0.0867. The SMILES string of the molecule is Cc1cccc(C)c1-n1c(SCC(=O)N2CCCC(C(N)=O)C2)nc2ccccc2c1=O. The number of amides is 2. The van der Waals surface area contributed by atoms with Gasteiger partial charge in [-0.2, -0.15) is 0 Å². The van der Waals surface area contributed by atoms with E-state index in [1.165, 1.54) is 11.8 Å². The summed E-state index contributed by atoms with van der Waals surface area (Å²) in [5.74, 6) is -0.628. The third kappa shape index (κ3) is 4.27. The summed E-state index contributed by atoms with van der Waals surface area (Å²) in [6.45, 7) is 4.88. The number of rotatable bonds is 5. The number of nitrogens with two attached hydrogens (primary N) is 1. The maximum Gasteiger partial charge on any atom is 0.266 e. The van der Waals surface area contributed by atoms with Crippen LogP contribution in [0.5, 0.6) is 0 Å². The van der Waals surface area contributed by atoms with Crippen molar-refractivity contribution in [1.82, 2.24) is 14.5 Å². The summed E-state index contributed by atoms with van der Waals surface area (Å²) in [5.41, 5.74) is 8.59. The molecule has 1 saturated heterocycles. The van der Waals surface area contributed by atoms with Gasteiger partial charge in [-0.25, -0.2) is 4.98 Å². The van der Waals surface area contributed by atoms with Crippen LogP contribution in [-0.4, -0.2) is 45.1 Å². The Kier molecular flexibility index (Phi) is 6.32. The van der Waals surface area contributed by atoms with Crippen LogP contribution in [0.4, 0.5) is 0 Å². The number of fused-ring (bicyclic) bond motifs is 1. The molecule has 0 saturated carbocycles. The van der Waals surface area contributed by atoms with E-state index in [9.17, 15) is 14.4 Å². The Morgan fingerprint density at radius 3 is 2.56 bits per heavy atom. The molecule has 32 heavy (non-hydrogen) atoms. The van der Waals surface area contributed by atoms with E-state index in [1.54, 1.807) is 21.6 Å². The molecule has 0 aliphatic carbocycles. The molecule has 2 aromatic carbocycles.